The Morgan fingerprint density at radius 3 is 2.62 bits per heavy atom. The maximum Gasteiger partial charge on any atom is 0.134 e. The molecule has 0 radical (unpaired) electrons. The van der Waals surface area contributed by atoms with Crippen molar-refractivity contribution in [1.29, 1.82) is 0 Å². The number of hydrogen-bond donors (Lipinski definition) is 0. The average Bonchev–Trinajstić information content (AvgIpc) is 2.16. The Morgan fingerprint density at radius 2 is 2.08 bits per heavy atom. The van der Waals surface area contributed by atoms with Crippen molar-refractivity contribution >= 4 is 6.08 Å². The Kier molecular flexibility index (Phi) is 3.31. The van der Waals surface area contributed by atoms with Gasteiger partial charge in [0.2, 0.25) is 0 Å². The van der Waals surface area contributed by atoms with Gasteiger partial charge in [0, 0.05) is 11.6 Å². The summed E-state index contributed by atoms with van der Waals surface area (Å²) in [5.74, 6) is 0.180. The third-order valence-corrected chi connectivity index (χ3v) is 1.59. The summed E-state index contributed by atoms with van der Waals surface area (Å²) in [4.78, 5) is 0. The van der Waals surface area contributed by atoms with Gasteiger partial charge in [-0.25, -0.2) is 4.39 Å². The highest BCUT2D eigenvalue weighted by atomic mass is 19.1. The van der Waals surface area contributed by atoms with Crippen molar-refractivity contribution in [3.8, 4) is 5.75 Å². The minimum atomic E-state index is -0.326. The van der Waals surface area contributed by atoms with Crippen LogP contribution in [0.3, 0.4) is 0 Å². The van der Waals surface area contributed by atoms with Gasteiger partial charge in [-0.05, 0) is 18.2 Å². The molecular formula is C10H11FO2. The third kappa shape index (κ3) is 2.47. The molecule has 0 atom stereocenters. The minimum Gasteiger partial charge on any atom is -0.504 e. The first-order valence-electron chi connectivity index (χ1n) is 3.81. The molecule has 0 saturated heterocycles. The van der Waals surface area contributed by atoms with E-state index >= 15 is 0 Å². The fraction of sp³-hybridized carbons (Fsp3) is 0.200. The second kappa shape index (κ2) is 4.50. The van der Waals surface area contributed by atoms with Crippen LogP contribution in [0.25, 0.3) is 6.08 Å². The second-order valence-corrected chi connectivity index (χ2v) is 2.43. The zero-order valence-electron chi connectivity index (χ0n) is 7.58. The molecule has 1 aromatic rings. The molecule has 0 aliphatic carbocycles. The lowest BCUT2D eigenvalue weighted by Gasteiger charge is -2.01. The summed E-state index contributed by atoms with van der Waals surface area (Å²) < 4.78 is 22.7. The molecule has 0 spiro atoms. The highest BCUT2D eigenvalue weighted by molar-refractivity contribution is 5.50. The molecule has 2 nitrogen and oxygen atoms in total. The van der Waals surface area contributed by atoms with Gasteiger partial charge in [-0.1, -0.05) is 0 Å². The van der Waals surface area contributed by atoms with Crippen molar-refractivity contribution in [2.75, 3.05) is 14.2 Å². The van der Waals surface area contributed by atoms with Crippen LogP contribution in [0.5, 0.6) is 5.75 Å². The van der Waals surface area contributed by atoms with E-state index in [4.69, 9.17) is 4.74 Å². The molecule has 0 aromatic heterocycles. The van der Waals surface area contributed by atoms with Gasteiger partial charge in [0.15, 0.2) is 0 Å². The summed E-state index contributed by atoms with van der Waals surface area (Å²) >= 11 is 0. The van der Waals surface area contributed by atoms with Gasteiger partial charge in [0.05, 0.1) is 20.5 Å². The normalized spacial score (nSPS) is 10.4. The fourth-order valence-corrected chi connectivity index (χ4v) is 0.911. The number of ether oxygens (including phenoxy) is 2. The average molecular weight is 182 g/mol. The molecule has 0 amide bonds. The maximum absolute atomic E-state index is 13.2. The lowest BCUT2D eigenvalue weighted by atomic mass is 10.2. The number of methoxy groups -OCH3 is 2. The van der Waals surface area contributed by atoms with Crippen molar-refractivity contribution in [3.05, 3.63) is 35.8 Å². The van der Waals surface area contributed by atoms with E-state index in [9.17, 15) is 4.39 Å². The van der Waals surface area contributed by atoms with Crippen LogP contribution < -0.4 is 4.74 Å². The van der Waals surface area contributed by atoms with Crippen molar-refractivity contribution in [1.82, 2.24) is 0 Å². The van der Waals surface area contributed by atoms with Gasteiger partial charge in [0.25, 0.3) is 0 Å². The molecule has 0 aliphatic heterocycles. The number of halogens is 1. The van der Waals surface area contributed by atoms with Gasteiger partial charge < -0.3 is 9.47 Å². The molecule has 0 aliphatic rings. The summed E-state index contributed by atoms with van der Waals surface area (Å²) in [6.07, 6.45) is 2.97. The van der Waals surface area contributed by atoms with E-state index in [0.29, 0.717) is 11.3 Å². The highest BCUT2D eigenvalue weighted by Gasteiger charge is 1.99. The van der Waals surface area contributed by atoms with Crippen molar-refractivity contribution in [2.45, 2.75) is 0 Å². The molecule has 70 valence electrons. The van der Waals surface area contributed by atoms with Crippen molar-refractivity contribution < 1.29 is 13.9 Å². The molecule has 3 heteroatoms. The van der Waals surface area contributed by atoms with Crippen molar-refractivity contribution in [2.24, 2.45) is 0 Å². The van der Waals surface area contributed by atoms with Crippen LogP contribution in [0.1, 0.15) is 5.56 Å². The summed E-state index contributed by atoms with van der Waals surface area (Å²) in [5, 5.41) is 0. The predicted octanol–water partition coefficient (Wildman–Crippen LogP) is 2.45. The molecule has 1 rings (SSSR count). The van der Waals surface area contributed by atoms with Crippen LogP contribution >= 0.6 is 0 Å². The molecule has 0 saturated carbocycles. The summed E-state index contributed by atoms with van der Waals surface area (Å²) in [7, 11) is 3.01. The van der Waals surface area contributed by atoms with Gasteiger partial charge in [0.1, 0.15) is 11.6 Å². The van der Waals surface area contributed by atoms with Crippen LogP contribution in [-0.4, -0.2) is 14.2 Å². The van der Waals surface area contributed by atoms with Crippen LogP contribution in [-0.2, 0) is 4.74 Å². The number of benzene rings is 1. The number of rotatable bonds is 3. The first-order valence-corrected chi connectivity index (χ1v) is 3.81. The molecule has 0 bridgehead atoms. The quantitative estimate of drug-likeness (QED) is 0.668. The summed E-state index contributed by atoms with van der Waals surface area (Å²) in [5.41, 5.74) is 0.475. The van der Waals surface area contributed by atoms with E-state index < -0.39 is 0 Å². The first kappa shape index (κ1) is 9.58. The molecule has 13 heavy (non-hydrogen) atoms. The van der Waals surface area contributed by atoms with Crippen LogP contribution in [0.2, 0.25) is 0 Å². The van der Waals surface area contributed by atoms with E-state index in [0.717, 1.165) is 0 Å². The topological polar surface area (TPSA) is 18.5 Å². The Labute approximate surface area is 76.6 Å². The standard InChI is InChI=1S/C10H11FO2/c1-12-6-5-8-3-4-9(13-2)7-10(8)11/h3-7H,1-2H3. The Hall–Kier alpha value is -1.51. The predicted molar refractivity (Wildman–Crippen MR) is 49.0 cm³/mol. The molecule has 1 aromatic carbocycles. The Balaban J connectivity index is 2.91. The third-order valence-electron chi connectivity index (χ3n) is 1.59. The van der Waals surface area contributed by atoms with Gasteiger partial charge in [-0.2, -0.15) is 0 Å². The monoisotopic (exact) mass is 182 g/mol. The second-order valence-electron chi connectivity index (χ2n) is 2.43. The van der Waals surface area contributed by atoms with E-state index in [1.54, 1.807) is 18.2 Å². The largest absolute Gasteiger partial charge is 0.504 e. The van der Waals surface area contributed by atoms with E-state index in [2.05, 4.69) is 4.74 Å². The van der Waals surface area contributed by atoms with E-state index in [1.807, 2.05) is 0 Å². The SMILES string of the molecule is COC=Cc1ccc(OC)cc1F. The lowest BCUT2D eigenvalue weighted by molar-refractivity contribution is 0.341. The molecule has 0 unspecified atom stereocenters. The van der Waals surface area contributed by atoms with Crippen molar-refractivity contribution in [3.63, 3.8) is 0 Å². The molecule has 0 heterocycles. The first-order chi connectivity index (χ1) is 6.27. The summed E-state index contributed by atoms with van der Waals surface area (Å²) in [6, 6.07) is 4.65. The summed E-state index contributed by atoms with van der Waals surface area (Å²) in [6.45, 7) is 0. The van der Waals surface area contributed by atoms with Gasteiger partial charge >= 0.3 is 0 Å². The fourth-order valence-electron chi connectivity index (χ4n) is 0.911. The maximum atomic E-state index is 13.2. The van der Waals surface area contributed by atoms with Crippen LogP contribution in [0.15, 0.2) is 24.5 Å². The van der Waals surface area contributed by atoms with Crippen LogP contribution in [0, 0.1) is 5.82 Å². The lowest BCUT2D eigenvalue weighted by Crippen LogP contribution is -1.86. The van der Waals surface area contributed by atoms with Gasteiger partial charge in [-0.3, -0.25) is 0 Å². The molecule has 0 N–H and O–H groups in total. The molecular weight excluding hydrogens is 171 g/mol. The molecule has 0 fully saturated rings. The minimum absolute atomic E-state index is 0.326. The smallest absolute Gasteiger partial charge is 0.134 e. The number of hydrogen-bond acceptors (Lipinski definition) is 2. The van der Waals surface area contributed by atoms with Gasteiger partial charge in [-0.15, -0.1) is 0 Å². The van der Waals surface area contributed by atoms with E-state index in [-0.39, 0.29) is 5.82 Å². The highest BCUT2D eigenvalue weighted by Crippen LogP contribution is 2.17. The Morgan fingerprint density at radius 1 is 1.31 bits per heavy atom. The zero-order valence-corrected chi connectivity index (χ0v) is 7.58. The van der Waals surface area contributed by atoms with E-state index in [1.165, 1.54) is 26.5 Å². The Bertz CT molecular complexity index is 308. The van der Waals surface area contributed by atoms with Crippen LogP contribution in [0.4, 0.5) is 4.39 Å². The zero-order chi connectivity index (χ0) is 9.68.